The number of ether oxygens (including phenoxy) is 2. The second-order valence-electron chi connectivity index (χ2n) is 5.23. The lowest BCUT2D eigenvalue weighted by molar-refractivity contribution is -0.150. The normalized spacial score (nSPS) is 26.1. The molecule has 1 saturated heterocycles. The molecule has 0 bridgehead atoms. The highest BCUT2D eigenvalue weighted by atomic mass is 32.2. The van der Waals surface area contributed by atoms with E-state index in [-0.39, 0.29) is 4.31 Å². The van der Waals surface area contributed by atoms with Crippen LogP contribution in [0.15, 0.2) is 0 Å². The van der Waals surface area contributed by atoms with Gasteiger partial charge in [0.25, 0.3) is 0 Å². The summed E-state index contributed by atoms with van der Waals surface area (Å²) in [5.74, 6) is -0.903. The second kappa shape index (κ2) is 4.64. The number of rotatable bonds is 1. The van der Waals surface area contributed by atoms with Gasteiger partial charge in [0.2, 0.25) is 0 Å². The van der Waals surface area contributed by atoms with E-state index in [0.717, 1.165) is 7.11 Å². The van der Waals surface area contributed by atoms with Gasteiger partial charge in [-0.1, -0.05) is 0 Å². The molecule has 9 heteroatoms. The molecule has 110 valence electrons. The topological polar surface area (TPSA) is 99.2 Å². The van der Waals surface area contributed by atoms with Gasteiger partial charge in [-0.3, -0.25) is 4.18 Å². The first-order valence-corrected chi connectivity index (χ1v) is 6.82. The summed E-state index contributed by atoms with van der Waals surface area (Å²) in [4.78, 5) is 23.6. The van der Waals surface area contributed by atoms with E-state index in [1.165, 1.54) is 6.92 Å². The second-order valence-corrected chi connectivity index (χ2v) is 6.69. The molecule has 8 nitrogen and oxygen atoms in total. The lowest BCUT2D eigenvalue weighted by atomic mass is 10.1. The molecule has 1 aliphatic heterocycles. The van der Waals surface area contributed by atoms with Gasteiger partial charge in [-0.05, 0) is 27.7 Å². The average molecular weight is 295 g/mol. The minimum absolute atomic E-state index is 0.275. The average Bonchev–Trinajstić information content (AvgIpc) is 2.47. The summed E-state index contributed by atoms with van der Waals surface area (Å²) in [6, 6.07) is 0. The van der Waals surface area contributed by atoms with Crippen molar-refractivity contribution < 1.29 is 31.7 Å². The largest absolute Gasteiger partial charge is 0.467 e. The van der Waals surface area contributed by atoms with E-state index in [2.05, 4.69) is 8.92 Å². The number of nitrogens with zero attached hydrogens (tertiary/aromatic N) is 1. The van der Waals surface area contributed by atoms with Gasteiger partial charge in [0.1, 0.15) is 12.2 Å². The zero-order valence-electron chi connectivity index (χ0n) is 11.4. The lowest BCUT2D eigenvalue weighted by Crippen LogP contribution is -2.55. The predicted octanol–water partition coefficient (Wildman–Crippen LogP) is 0.430. The van der Waals surface area contributed by atoms with Gasteiger partial charge in [0.05, 0.1) is 7.11 Å². The highest BCUT2D eigenvalue weighted by molar-refractivity contribution is 7.85. The van der Waals surface area contributed by atoms with Gasteiger partial charge in [0.15, 0.2) is 5.54 Å². The van der Waals surface area contributed by atoms with Crippen molar-refractivity contribution in [1.82, 2.24) is 4.31 Å². The number of amides is 1. The molecule has 1 rings (SSSR count). The molecule has 1 atom stereocenters. The highest BCUT2D eigenvalue weighted by Crippen LogP contribution is 2.31. The molecule has 0 saturated carbocycles. The number of hydrogen-bond acceptors (Lipinski definition) is 7. The van der Waals surface area contributed by atoms with Gasteiger partial charge in [-0.2, -0.15) is 12.7 Å². The fourth-order valence-corrected chi connectivity index (χ4v) is 2.83. The third-order valence-corrected chi connectivity index (χ3v) is 3.76. The molecule has 1 amide bonds. The molecule has 0 radical (unpaired) electrons. The zero-order valence-corrected chi connectivity index (χ0v) is 12.2. The maximum absolute atomic E-state index is 11.9. The number of carbonyl (C=O) groups excluding carboxylic acids is 2. The van der Waals surface area contributed by atoms with E-state index in [1.54, 1.807) is 20.8 Å². The van der Waals surface area contributed by atoms with Gasteiger partial charge in [-0.25, -0.2) is 9.59 Å². The Morgan fingerprint density at radius 1 is 1.32 bits per heavy atom. The van der Waals surface area contributed by atoms with Crippen LogP contribution >= 0.6 is 0 Å². The third kappa shape index (κ3) is 2.98. The van der Waals surface area contributed by atoms with Crippen molar-refractivity contribution in [1.29, 1.82) is 0 Å². The van der Waals surface area contributed by atoms with Crippen LogP contribution in [-0.4, -0.2) is 49.6 Å². The summed E-state index contributed by atoms with van der Waals surface area (Å²) in [5, 5.41) is 0. The molecule has 19 heavy (non-hydrogen) atoms. The van der Waals surface area contributed by atoms with Crippen LogP contribution in [0.1, 0.15) is 27.7 Å². The quantitative estimate of drug-likeness (QED) is 0.647. The van der Waals surface area contributed by atoms with Crippen molar-refractivity contribution in [2.24, 2.45) is 0 Å². The molecule has 1 heterocycles. The van der Waals surface area contributed by atoms with Gasteiger partial charge >= 0.3 is 22.4 Å². The number of esters is 1. The minimum atomic E-state index is -4.36. The van der Waals surface area contributed by atoms with Gasteiger partial charge in [-0.15, -0.1) is 0 Å². The van der Waals surface area contributed by atoms with E-state index in [4.69, 9.17) is 4.74 Å². The number of carbonyl (C=O) groups is 2. The molecule has 0 N–H and O–H groups in total. The monoisotopic (exact) mass is 295 g/mol. The minimum Gasteiger partial charge on any atom is -0.467 e. The summed E-state index contributed by atoms with van der Waals surface area (Å²) in [6.07, 6.45) is -1.18. The van der Waals surface area contributed by atoms with Crippen LogP contribution in [0.5, 0.6) is 0 Å². The molecule has 0 aromatic heterocycles. The molecule has 0 aromatic rings. The van der Waals surface area contributed by atoms with Crippen molar-refractivity contribution in [3.05, 3.63) is 0 Å². The first-order chi connectivity index (χ1) is 8.44. The van der Waals surface area contributed by atoms with Crippen molar-refractivity contribution >= 4 is 22.4 Å². The Morgan fingerprint density at radius 3 is 2.26 bits per heavy atom. The predicted molar refractivity (Wildman–Crippen MR) is 63.4 cm³/mol. The summed E-state index contributed by atoms with van der Waals surface area (Å²) in [6.45, 7) is 5.44. The number of methoxy groups -OCH3 is 1. The van der Waals surface area contributed by atoms with Crippen LogP contribution in [0.4, 0.5) is 4.79 Å². The summed E-state index contributed by atoms with van der Waals surface area (Å²) < 4.78 is 37.7. The Balaban J connectivity index is 3.17. The van der Waals surface area contributed by atoms with Crippen molar-refractivity contribution in [2.75, 3.05) is 13.7 Å². The fraction of sp³-hybridized carbons (Fsp3) is 0.800. The zero-order chi connectivity index (χ0) is 15.1. The van der Waals surface area contributed by atoms with E-state index in [9.17, 15) is 18.0 Å². The van der Waals surface area contributed by atoms with Crippen LogP contribution in [0.25, 0.3) is 0 Å². The maximum Gasteiger partial charge on any atom is 0.427 e. The standard InChI is InChI=1S/C10H17NO7S/c1-9(2,3)18-8(13)11-10(4,7(12)16-5)6-17-19(11,14)15/h6H2,1-5H3/t10-/m0/s1. The van der Waals surface area contributed by atoms with Crippen LogP contribution in [0.3, 0.4) is 0 Å². The SMILES string of the molecule is COC(=O)[C@]1(C)COS(=O)(=O)N1C(=O)OC(C)(C)C. The van der Waals surface area contributed by atoms with Crippen molar-refractivity contribution in [2.45, 2.75) is 38.8 Å². The molecule has 0 spiro atoms. The summed E-state index contributed by atoms with van der Waals surface area (Å²) in [7, 11) is -3.27. The Hall–Kier alpha value is -1.35. The van der Waals surface area contributed by atoms with E-state index >= 15 is 0 Å². The molecular formula is C10H17NO7S. The number of hydrogen-bond donors (Lipinski definition) is 0. The lowest BCUT2D eigenvalue weighted by Gasteiger charge is -2.30. The van der Waals surface area contributed by atoms with Crippen LogP contribution in [0, 0.1) is 0 Å². The fourth-order valence-electron chi connectivity index (χ4n) is 1.51. The van der Waals surface area contributed by atoms with Crippen LogP contribution in [0.2, 0.25) is 0 Å². The summed E-state index contributed by atoms with van der Waals surface area (Å²) in [5.41, 5.74) is -2.68. The molecule has 1 aliphatic rings. The third-order valence-electron chi connectivity index (χ3n) is 2.35. The Labute approximate surface area is 111 Å². The van der Waals surface area contributed by atoms with Gasteiger partial charge in [0, 0.05) is 0 Å². The maximum atomic E-state index is 11.9. The smallest absolute Gasteiger partial charge is 0.427 e. The van der Waals surface area contributed by atoms with Crippen LogP contribution in [-0.2, 0) is 28.8 Å². The van der Waals surface area contributed by atoms with Gasteiger partial charge < -0.3 is 9.47 Å². The molecule has 0 aromatic carbocycles. The molecule has 0 unspecified atom stereocenters. The molecular weight excluding hydrogens is 278 g/mol. The van der Waals surface area contributed by atoms with E-state index in [0.29, 0.717) is 0 Å². The Bertz CT molecular complexity index is 492. The van der Waals surface area contributed by atoms with E-state index in [1.807, 2.05) is 0 Å². The van der Waals surface area contributed by atoms with Crippen molar-refractivity contribution in [3.63, 3.8) is 0 Å². The Morgan fingerprint density at radius 2 is 1.84 bits per heavy atom. The molecule has 1 fully saturated rings. The van der Waals surface area contributed by atoms with E-state index < -0.39 is 40.1 Å². The Kier molecular flexibility index (Phi) is 3.83. The first kappa shape index (κ1) is 15.7. The summed E-state index contributed by atoms with van der Waals surface area (Å²) >= 11 is 0. The highest BCUT2D eigenvalue weighted by Gasteiger charge is 2.58. The first-order valence-electron chi connectivity index (χ1n) is 5.45. The molecule has 0 aliphatic carbocycles. The van der Waals surface area contributed by atoms with Crippen LogP contribution < -0.4 is 0 Å². The van der Waals surface area contributed by atoms with Crippen molar-refractivity contribution in [3.8, 4) is 0 Å².